The molecule has 0 spiro atoms. The van der Waals surface area contributed by atoms with Crippen LogP contribution in [0.3, 0.4) is 0 Å². The van der Waals surface area contributed by atoms with E-state index in [1.165, 1.54) is 30.9 Å². The minimum Gasteiger partial charge on any atom is -0.507 e. The van der Waals surface area contributed by atoms with Crippen molar-refractivity contribution >= 4 is 23.5 Å². The Morgan fingerprint density at radius 3 is 2.51 bits per heavy atom. The summed E-state index contributed by atoms with van der Waals surface area (Å²) >= 11 is 0. The number of hydrogen-bond donors (Lipinski definition) is 5. The van der Waals surface area contributed by atoms with Crippen LogP contribution >= 0.6 is 0 Å². The summed E-state index contributed by atoms with van der Waals surface area (Å²) in [4.78, 5) is 36.8. The number of phenols is 2. The number of hydrogen-bond acceptors (Lipinski definition) is 7. The molecule has 0 heterocycles. The predicted octanol–water partition coefficient (Wildman–Crippen LogP) is 6.98. The van der Waals surface area contributed by atoms with Crippen LogP contribution in [0.25, 0.3) is 0 Å². The quantitative estimate of drug-likeness (QED) is 0.0746. The van der Waals surface area contributed by atoms with Gasteiger partial charge >= 0.3 is 5.97 Å². The van der Waals surface area contributed by atoms with Crippen molar-refractivity contribution in [2.75, 3.05) is 5.32 Å². The van der Waals surface area contributed by atoms with Gasteiger partial charge < -0.3 is 31.1 Å². The van der Waals surface area contributed by atoms with E-state index in [1.54, 1.807) is 0 Å². The van der Waals surface area contributed by atoms with Crippen LogP contribution in [0.2, 0.25) is 0 Å². The van der Waals surface area contributed by atoms with Crippen LogP contribution in [-0.2, 0) is 14.3 Å². The largest absolute Gasteiger partial charge is 0.507 e. The van der Waals surface area contributed by atoms with Crippen molar-refractivity contribution in [3.05, 3.63) is 29.3 Å². The lowest BCUT2D eigenvalue weighted by Gasteiger charge is -2.59. The predicted molar refractivity (Wildman–Crippen MR) is 181 cm³/mol. The normalized spacial score (nSPS) is 32.7. The molecule has 0 radical (unpaired) electrons. The SMILES string of the molecule is CC(C)CCCC(C)(O)C1CCC2C3CC=C4CC(OC(=O)CCC(=O)Nc5ccc(O)c(C(N)=O)c5O)CCC4(C)C3CCC21C. The number of aliphatic hydroxyl groups is 1. The minimum absolute atomic E-state index is 0.0766. The van der Waals surface area contributed by atoms with E-state index >= 15 is 0 Å². The highest BCUT2D eigenvalue weighted by atomic mass is 16.5. The fourth-order valence-electron chi connectivity index (χ4n) is 10.4. The number of nitrogens with one attached hydrogen (secondary N) is 1. The molecule has 5 rings (SSSR count). The number of esters is 1. The molecule has 1 aromatic carbocycles. The second kappa shape index (κ2) is 13.4. The van der Waals surface area contributed by atoms with Crippen LogP contribution < -0.4 is 11.1 Å². The first-order valence-corrected chi connectivity index (χ1v) is 17.8. The van der Waals surface area contributed by atoms with Crippen LogP contribution in [0.4, 0.5) is 5.69 Å². The molecule has 0 saturated heterocycles. The number of fused-ring (bicyclic) bond motifs is 5. The lowest BCUT2D eigenvalue weighted by Crippen LogP contribution is -2.53. The molecular weight excluding hydrogens is 596 g/mol. The first kappa shape index (κ1) is 35.2. The summed E-state index contributed by atoms with van der Waals surface area (Å²) in [6.07, 6.45) is 13.3. The number of rotatable bonds is 11. The maximum atomic E-state index is 12.8. The summed E-state index contributed by atoms with van der Waals surface area (Å²) in [5.74, 6) is -0.243. The van der Waals surface area contributed by atoms with Gasteiger partial charge in [0.15, 0.2) is 5.75 Å². The molecule has 8 unspecified atom stereocenters. The van der Waals surface area contributed by atoms with Crippen molar-refractivity contribution < 1.29 is 34.4 Å². The highest BCUT2D eigenvalue weighted by Gasteiger charge is 2.61. The van der Waals surface area contributed by atoms with Gasteiger partial charge in [0.05, 0.1) is 17.7 Å². The molecular formula is C38H56N2O7. The molecule has 9 heteroatoms. The summed E-state index contributed by atoms with van der Waals surface area (Å²) in [7, 11) is 0. The first-order chi connectivity index (χ1) is 22.1. The topological polar surface area (TPSA) is 159 Å². The van der Waals surface area contributed by atoms with Crippen molar-refractivity contribution in [2.24, 2.45) is 46.2 Å². The van der Waals surface area contributed by atoms with E-state index in [9.17, 15) is 29.7 Å². The van der Waals surface area contributed by atoms with Gasteiger partial charge in [-0.05, 0) is 111 Å². The highest BCUT2D eigenvalue weighted by Crippen LogP contribution is 2.67. The number of carbonyl (C=O) groups is 3. The molecule has 0 bridgehead atoms. The number of anilines is 1. The molecule has 6 N–H and O–H groups in total. The van der Waals surface area contributed by atoms with Crippen molar-refractivity contribution in [3.63, 3.8) is 0 Å². The van der Waals surface area contributed by atoms with Crippen LogP contribution in [0.1, 0.15) is 128 Å². The highest BCUT2D eigenvalue weighted by molar-refractivity contribution is 6.02. The fraction of sp³-hybridized carbons (Fsp3) is 0.711. The summed E-state index contributed by atoms with van der Waals surface area (Å²) < 4.78 is 5.86. The Hall–Kier alpha value is -3.07. The first-order valence-electron chi connectivity index (χ1n) is 17.8. The third-order valence-electron chi connectivity index (χ3n) is 12.8. The van der Waals surface area contributed by atoms with Crippen molar-refractivity contribution in [2.45, 2.75) is 130 Å². The summed E-state index contributed by atoms with van der Waals surface area (Å²) in [6.45, 7) is 11.5. The smallest absolute Gasteiger partial charge is 0.306 e. The maximum absolute atomic E-state index is 12.8. The zero-order valence-corrected chi connectivity index (χ0v) is 28.9. The second-order valence-electron chi connectivity index (χ2n) is 16.2. The molecule has 0 aromatic heterocycles. The number of primary amides is 1. The number of carbonyl (C=O) groups excluding carboxylic acids is 3. The molecule has 260 valence electrons. The van der Waals surface area contributed by atoms with Gasteiger partial charge in [-0.15, -0.1) is 0 Å². The monoisotopic (exact) mass is 652 g/mol. The van der Waals surface area contributed by atoms with Crippen molar-refractivity contribution in [1.82, 2.24) is 0 Å². The summed E-state index contributed by atoms with van der Waals surface area (Å²) in [5, 5.41) is 34.2. The number of amides is 2. The van der Waals surface area contributed by atoms with Gasteiger partial charge in [-0.2, -0.15) is 0 Å². The number of aromatic hydroxyl groups is 2. The van der Waals surface area contributed by atoms with Gasteiger partial charge in [-0.1, -0.05) is 52.2 Å². The average Bonchev–Trinajstić information content (AvgIpc) is 3.35. The summed E-state index contributed by atoms with van der Waals surface area (Å²) in [6, 6.07) is 2.41. The Kier molecular flexibility index (Phi) is 10.1. The maximum Gasteiger partial charge on any atom is 0.306 e. The lowest BCUT2D eigenvalue weighted by molar-refractivity contribution is -0.152. The van der Waals surface area contributed by atoms with Gasteiger partial charge in [-0.3, -0.25) is 14.4 Å². The van der Waals surface area contributed by atoms with Gasteiger partial charge in [0.25, 0.3) is 5.91 Å². The second-order valence-corrected chi connectivity index (χ2v) is 16.2. The third-order valence-corrected chi connectivity index (χ3v) is 12.8. The van der Waals surface area contributed by atoms with E-state index in [1.807, 2.05) is 0 Å². The van der Waals surface area contributed by atoms with Gasteiger partial charge in [-0.25, -0.2) is 0 Å². The Morgan fingerprint density at radius 1 is 1.06 bits per heavy atom. The molecule has 9 nitrogen and oxygen atoms in total. The zero-order chi connectivity index (χ0) is 34.3. The Balaban J connectivity index is 1.15. The molecule has 0 aliphatic heterocycles. The number of allylic oxidation sites excluding steroid dienone is 1. The molecule has 47 heavy (non-hydrogen) atoms. The van der Waals surface area contributed by atoms with Gasteiger partial charge in [0.1, 0.15) is 17.4 Å². The Bertz CT molecular complexity index is 1400. The van der Waals surface area contributed by atoms with E-state index in [2.05, 4.69) is 46.0 Å². The molecule has 4 aliphatic rings. The van der Waals surface area contributed by atoms with Crippen LogP contribution in [-0.4, -0.2) is 44.8 Å². The van der Waals surface area contributed by atoms with Gasteiger partial charge in [0.2, 0.25) is 5.91 Å². The Morgan fingerprint density at radius 2 is 1.81 bits per heavy atom. The van der Waals surface area contributed by atoms with Crippen LogP contribution in [0.15, 0.2) is 23.8 Å². The molecule has 1 aromatic rings. The van der Waals surface area contributed by atoms with E-state index in [0.29, 0.717) is 29.6 Å². The van der Waals surface area contributed by atoms with Crippen LogP contribution in [0.5, 0.6) is 11.5 Å². The fourth-order valence-corrected chi connectivity index (χ4v) is 10.4. The standard InChI is InChI=1S/C38H56N2O7/c1-22(2)7-6-18-38(5,46)30-13-10-26-25-9-8-23-21-24(16-19-36(23,3)27(25)17-20-37(26,30)4)47-32(43)15-14-31(42)40-28-11-12-29(41)33(34(28)44)35(39)45/h8,11-12,22,24-27,30,41,44,46H,6-7,9-10,13-21H2,1-5H3,(H2,39,45)(H,40,42). The average molecular weight is 653 g/mol. The Labute approximate surface area is 279 Å². The molecule has 4 aliphatic carbocycles. The molecule has 3 fully saturated rings. The number of nitrogens with two attached hydrogens (primary N) is 1. The van der Waals surface area contributed by atoms with E-state index < -0.39 is 40.4 Å². The van der Waals surface area contributed by atoms with Gasteiger partial charge in [0, 0.05) is 12.8 Å². The van der Waals surface area contributed by atoms with Crippen molar-refractivity contribution in [1.29, 1.82) is 0 Å². The van der Waals surface area contributed by atoms with E-state index in [4.69, 9.17) is 10.5 Å². The zero-order valence-electron chi connectivity index (χ0n) is 28.9. The molecule has 8 atom stereocenters. The minimum atomic E-state index is -1.03. The lowest BCUT2D eigenvalue weighted by atomic mass is 9.46. The molecule has 3 saturated carbocycles. The van der Waals surface area contributed by atoms with E-state index in [0.717, 1.165) is 57.4 Å². The molecule has 2 amide bonds. The van der Waals surface area contributed by atoms with Crippen LogP contribution in [0, 0.1) is 40.4 Å². The number of benzene rings is 1. The van der Waals surface area contributed by atoms with E-state index in [-0.39, 0.29) is 35.5 Å². The summed E-state index contributed by atoms with van der Waals surface area (Å²) in [5.41, 5.74) is 5.71. The third kappa shape index (κ3) is 6.92. The number of ether oxygens (including phenoxy) is 1. The van der Waals surface area contributed by atoms with Crippen molar-refractivity contribution in [3.8, 4) is 11.5 Å².